The summed E-state index contributed by atoms with van der Waals surface area (Å²) < 4.78 is 36.1. The molecule has 1 aromatic heterocycles. The Bertz CT molecular complexity index is 1110. The average molecular weight is 472 g/mol. The highest BCUT2D eigenvalue weighted by Crippen LogP contribution is 2.30. The van der Waals surface area contributed by atoms with Crippen LogP contribution in [0.25, 0.3) is 11.1 Å². The van der Waals surface area contributed by atoms with Gasteiger partial charge >= 0.3 is 5.97 Å². The molecular weight excluding hydrogens is 441 g/mol. The maximum Gasteiger partial charge on any atom is 0.340 e. The number of halogens is 1. The number of piperidine rings is 1. The SMILES string of the molecule is CCOc1cc(CN2CCC(Nc3nc4c(C(=O)OC)cccc4o3)CC2)cc(OCC)c1F. The van der Waals surface area contributed by atoms with Gasteiger partial charge < -0.3 is 23.9 Å². The molecule has 2 heterocycles. The third kappa shape index (κ3) is 5.25. The number of para-hydroxylation sites is 1. The predicted molar refractivity (Wildman–Crippen MR) is 126 cm³/mol. The van der Waals surface area contributed by atoms with Gasteiger partial charge in [0.05, 0.1) is 25.9 Å². The quantitative estimate of drug-likeness (QED) is 0.452. The molecule has 1 fully saturated rings. The topological polar surface area (TPSA) is 86.1 Å². The van der Waals surface area contributed by atoms with Gasteiger partial charge in [-0.15, -0.1) is 0 Å². The second-order valence-electron chi connectivity index (χ2n) is 8.13. The second-order valence-corrected chi connectivity index (χ2v) is 8.13. The van der Waals surface area contributed by atoms with E-state index < -0.39 is 11.8 Å². The van der Waals surface area contributed by atoms with E-state index in [4.69, 9.17) is 18.6 Å². The number of carbonyl (C=O) groups is 1. The van der Waals surface area contributed by atoms with E-state index in [1.807, 2.05) is 13.8 Å². The van der Waals surface area contributed by atoms with E-state index in [1.54, 1.807) is 30.3 Å². The van der Waals surface area contributed by atoms with E-state index in [-0.39, 0.29) is 17.5 Å². The maximum absolute atomic E-state index is 14.5. The van der Waals surface area contributed by atoms with Crippen LogP contribution in [0.4, 0.5) is 10.4 Å². The first kappa shape index (κ1) is 23.8. The molecule has 1 aliphatic rings. The highest BCUT2D eigenvalue weighted by molar-refractivity contribution is 6.01. The van der Waals surface area contributed by atoms with Crippen molar-refractivity contribution in [3.63, 3.8) is 0 Å². The van der Waals surface area contributed by atoms with Crippen molar-refractivity contribution in [2.45, 2.75) is 39.3 Å². The number of ether oxygens (including phenoxy) is 3. The largest absolute Gasteiger partial charge is 0.491 e. The number of anilines is 1. The Morgan fingerprint density at radius 3 is 2.47 bits per heavy atom. The van der Waals surface area contributed by atoms with Gasteiger partial charge in [-0.25, -0.2) is 4.79 Å². The molecule has 0 spiro atoms. The first-order valence-electron chi connectivity index (χ1n) is 11.6. The summed E-state index contributed by atoms with van der Waals surface area (Å²) in [6, 6.07) is 9.28. The summed E-state index contributed by atoms with van der Waals surface area (Å²) in [5, 5.41) is 3.35. The van der Waals surface area contributed by atoms with E-state index in [9.17, 15) is 9.18 Å². The summed E-state index contributed by atoms with van der Waals surface area (Å²) in [5.41, 5.74) is 2.35. The van der Waals surface area contributed by atoms with Crippen LogP contribution in [0.1, 0.15) is 42.6 Å². The highest BCUT2D eigenvalue weighted by Gasteiger charge is 2.23. The summed E-state index contributed by atoms with van der Waals surface area (Å²) in [5.74, 6) is -0.451. The Kier molecular flexibility index (Phi) is 7.52. The van der Waals surface area contributed by atoms with Crippen LogP contribution in [0.5, 0.6) is 11.5 Å². The Hall–Kier alpha value is -3.33. The van der Waals surface area contributed by atoms with Crippen molar-refractivity contribution in [3.8, 4) is 11.5 Å². The normalized spacial score (nSPS) is 14.8. The van der Waals surface area contributed by atoms with Gasteiger partial charge in [-0.05, 0) is 56.5 Å². The van der Waals surface area contributed by atoms with E-state index in [2.05, 4.69) is 15.2 Å². The number of nitrogens with zero attached hydrogens (tertiary/aromatic N) is 2. The minimum absolute atomic E-state index is 0.192. The first-order chi connectivity index (χ1) is 16.5. The van der Waals surface area contributed by atoms with Crippen LogP contribution in [0.2, 0.25) is 0 Å². The number of hydrogen-bond acceptors (Lipinski definition) is 8. The van der Waals surface area contributed by atoms with Gasteiger partial charge in [0.15, 0.2) is 17.1 Å². The third-order valence-corrected chi connectivity index (χ3v) is 5.81. The zero-order valence-electron chi connectivity index (χ0n) is 19.7. The van der Waals surface area contributed by atoms with Gasteiger partial charge in [0.1, 0.15) is 5.52 Å². The number of fused-ring (bicyclic) bond motifs is 1. The van der Waals surface area contributed by atoms with Gasteiger partial charge in [0, 0.05) is 25.7 Å². The Morgan fingerprint density at radius 1 is 1.18 bits per heavy atom. The van der Waals surface area contributed by atoms with Crippen molar-refractivity contribution in [1.29, 1.82) is 0 Å². The summed E-state index contributed by atoms with van der Waals surface area (Å²) in [4.78, 5) is 18.8. The van der Waals surface area contributed by atoms with Gasteiger partial charge in [0.25, 0.3) is 6.01 Å². The average Bonchev–Trinajstić information content (AvgIpc) is 3.25. The summed E-state index contributed by atoms with van der Waals surface area (Å²) in [7, 11) is 1.34. The summed E-state index contributed by atoms with van der Waals surface area (Å²) in [6.07, 6.45) is 1.78. The summed E-state index contributed by atoms with van der Waals surface area (Å²) in [6.45, 7) is 6.83. The molecule has 0 aliphatic carbocycles. The molecule has 3 aromatic rings. The number of rotatable bonds is 9. The van der Waals surface area contributed by atoms with Crippen LogP contribution in [0, 0.1) is 5.82 Å². The number of carbonyl (C=O) groups excluding carboxylic acids is 1. The second kappa shape index (κ2) is 10.7. The fraction of sp³-hybridized carbons (Fsp3) is 0.440. The number of methoxy groups -OCH3 is 1. The lowest BCUT2D eigenvalue weighted by Gasteiger charge is -2.32. The minimum atomic E-state index is -0.455. The number of aromatic nitrogens is 1. The van der Waals surface area contributed by atoms with Gasteiger partial charge in [-0.2, -0.15) is 9.37 Å². The van der Waals surface area contributed by atoms with Crippen LogP contribution in [0.15, 0.2) is 34.7 Å². The van der Waals surface area contributed by atoms with E-state index in [0.29, 0.717) is 42.4 Å². The number of hydrogen-bond donors (Lipinski definition) is 1. The standard InChI is InChI=1S/C25H30FN3O5/c1-4-32-20-13-16(14-21(22(20)26)33-5-2)15-29-11-9-17(10-12-29)27-25-28-23-18(24(30)31-3)7-6-8-19(23)34-25/h6-8,13-14,17H,4-5,9-12,15H2,1-3H3,(H,27,28). The third-order valence-electron chi connectivity index (χ3n) is 5.81. The molecule has 1 N–H and O–H groups in total. The van der Waals surface area contributed by atoms with Crippen LogP contribution < -0.4 is 14.8 Å². The van der Waals surface area contributed by atoms with Crippen LogP contribution in [-0.4, -0.2) is 55.3 Å². The molecule has 0 atom stereocenters. The maximum atomic E-state index is 14.5. The summed E-state index contributed by atoms with van der Waals surface area (Å²) >= 11 is 0. The predicted octanol–water partition coefficient (Wildman–Crippen LogP) is 4.63. The van der Waals surface area contributed by atoms with Gasteiger partial charge in [0.2, 0.25) is 5.82 Å². The molecule has 1 aliphatic heterocycles. The monoisotopic (exact) mass is 471 g/mol. The van der Waals surface area contributed by atoms with Gasteiger partial charge in [-0.3, -0.25) is 4.90 Å². The molecule has 0 radical (unpaired) electrons. The van der Waals surface area contributed by atoms with Crippen LogP contribution in [0.3, 0.4) is 0 Å². The van der Waals surface area contributed by atoms with Crippen molar-refractivity contribution < 1.29 is 27.8 Å². The van der Waals surface area contributed by atoms with Crippen LogP contribution in [-0.2, 0) is 11.3 Å². The zero-order valence-corrected chi connectivity index (χ0v) is 19.7. The number of esters is 1. The zero-order chi connectivity index (χ0) is 24.1. The number of likely N-dealkylation sites (tertiary alicyclic amines) is 1. The first-order valence-corrected chi connectivity index (χ1v) is 11.6. The van der Waals surface area contributed by atoms with Crippen molar-refractivity contribution in [2.24, 2.45) is 0 Å². The van der Waals surface area contributed by atoms with Crippen molar-refractivity contribution in [2.75, 3.05) is 38.7 Å². The molecule has 0 saturated carbocycles. The van der Waals surface area contributed by atoms with Gasteiger partial charge in [-0.1, -0.05) is 6.07 Å². The molecule has 182 valence electrons. The smallest absolute Gasteiger partial charge is 0.340 e. The number of nitrogens with one attached hydrogen (secondary N) is 1. The Balaban J connectivity index is 1.38. The highest BCUT2D eigenvalue weighted by atomic mass is 19.1. The van der Waals surface area contributed by atoms with Crippen molar-refractivity contribution in [3.05, 3.63) is 47.3 Å². The van der Waals surface area contributed by atoms with E-state index in [0.717, 1.165) is 31.5 Å². The lowest BCUT2D eigenvalue weighted by Crippen LogP contribution is -2.38. The van der Waals surface area contributed by atoms with Crippen molar-refractivity contribution >= 4 is 23.1 Å². The molecule has 2 aromatic carbocycles. The molecule has 4 rings (SSSR count). The molecule has 0 unspecified atom stereocenters. The Morgan fingerprint density at radius 2 is 1.85 bits per heavy atom. The molecule has 34 heavy (non-hydrogen) atoms. The fourth-order valence-electron chi connectivity index (χ4n) is 4.19. The van der Waals surface area contributed by atoms with Crippen molar-refractivity contribution in [1.82, 2.24) is 9.88 Å². The van der Waals surface area contributed by atoms with E-state index >= 15 is 0 Å². The molecule has 0 amide bonds. The molecule has 0 bridgehead atoms. The molecule has 9 heteroatoms. The lowest BCUT2D eigenvalue weighted by atomic mass is 10.0. The van der Waals surface area contributed by atoms with E-state index in [1.165, 1.54) is 7.11 Å². The molecule has 8 nitrogen and oxygen atoms in total. The minimum Gasteiger partial charge on any atom is -0.491 e. The number of oxazole rings is 1. The van der Waals surface area contributed by atoms with Crippen LogP contribution >= 0.6 is 0 Å². The molecular formula is C25H30FN3O5. The number of benzene rings is 2. The lowest BCUT2D eigenvalue weighted by molar-refractivity contribution is 0.0602. The Labute approximate surface area is 198 Å². The molecule has 1 saturated heterocycles. The fourth-order valence-corrected chi connectivity index (χ4v) is 4.19.